The number of carbonyl (C=O) groups excluding carboxylic acids is 1. The summed E-state index contributed by atoms with van der Waals surface area (Å²) >= 11 is 0. The van der Waals surface area contributed by atoms with Gasteiger partial charge >= 0.3 is 12.1 Å². The highest BCUT2D eigenvalue weighted by molar-refractivity contribution is 6.02. The van der Waals surface area contributed by atoms with Crippen molar-refractivity contribution in [2.45, 2.75) is 26.1 Å². The average molecular weight is 447 g/mol. The van der Waals surface area contributed by atoms with Crippen molar-refractivity contribution in [3.8, 4) is 0 Å². The van der Waals surface area contributed by atoms with E-state index in [1.54, 1.807) is 31.2 Å². The molecular weight excluding hydrogens is 423 g/mol. The first-order valence-corrected chi connectivity index (χ1v) is 10.3. The molecule has 0 unspecified atom stereocenters. The van der Waals surface area contributed by atoms with E-state index in [1.807, 2.05) is 30.3 Å². The molecule has 0 amide bonds. The van der Waals surface area contributed by atoms with Crippen LogP contribution in [0.25, 0.3) is 10.8 Å². The normalized spacial score (nSPS) is 11.8. The molecule has 3 rings (SSSR count). The highest BCUT2D eigenvalue weighted by atomic mass is 19.4. The Morgan fingerprint density at radius 1 is 1.06 bits per heavy atom. The number of alkyl halides is 3. The Labute approximate surface area is 183 Å². The number of halogens is 3. The molecule has 0 aliphatic carbocycles. The van der Waals surface area contributed by atoms with Gasteiger partial charge in [-0.3, -0.25) is 9.69 Å². The molecule has 0 saturated carbocycles. The van der Waals surface area contributed by atoms with Crippen LogP contribution >= 0.6 is 0 Å². The van der Waals surface area contributed by atoms with E-state index in [4.69, 9.17) is 4.74 Å². The zero-order valence-corrected chi connectivity index (χ0v) is 17.6. The topological polar surface area (TPSA) is 64.4 Å². The van der Waals surface area contributed by atoms with Crippen molar-refractivity contribution in [2.75, 3.05) is 26.2 Å². The second-order valence-corrected chi connectivity index (χ2v) is 7.32. The number of esters is 1. The van der Waals surface area contributed by atoms with Crippen molar-refractivity contribution in [3.05, 3.63) is 76.2 Å². The maximum absolute atomic E-state index is 12.8. The second kappa shape index (κ2) is 10.4. The fourth-order valence-electron chi connectivity index (χ4n) is 3.37. The standard InChI is InChI=1S/C23H24F3N3O3/c1-2-28(16-23(24,25)26)13-8-14-32-22(31)20-18-11-6-7-12-19(18)21(30)29(27-20)15-17-9-4-3-5-10-17/h3-7,9-12H,2,8,13-16H2,1H3. The van der Waals surface area contributed by atoms with Gasteiger partial charge in [0.25, 0.3) is 5.56 Å². The average Bonchev–Trinajstić information content (AvgIpc) is 2.77. The van der Waals surface area contributed by atoms with Crippen LogP contribution in [0.1, 0.15) is 29.4 Å². The van der Waals surface area contributed by atoms with Gasteiger partial charge in [0.1, 0.15) is 0 Å². The van der Waals surface area contributed by atoms with E-state index in [9.17, 15) is 22.8 Å². The lowest BCUT2D eigenvalue weighted by Crippen LogP contribution is -2.35. The van der Waals surface area contributed by atoms with E-state index in [-0.39, 0.29) is 43.9 Å². The third-order valence-corrected chi connectivity index (χ3v) is 4.94. The molecule has 1 heterocycles. The van der Waals surface area contributed by atoms with Gasteiger partial charge in [0.2, 0.25) is 0 Å². The summed E-state index contributed by atoms with van der Waals surface area (Å²) in [6, 6.07) is 15.9. The Bertz CT molecular complexity index is 1110. The molecule has 6 nitrogen and oxygen atoms in total. The molecule has 2 aromatic carbocycles. The second-order valence-electron chi connectivity index (χ2n) is 7.32. The summed E-state index contributed by atoms with van der Waals surface area (Å²) in [5, 5.41) is 4.96. The summed E-state index contributed by atoms with van der Waals surface area (Å²) in [5.74, 6) is -0.720. The van der Waals surface area contributed by atoms with Gasteiger partial charge in [-0.15, -0.1) is 0 Å². The minimum atomic E-state index is -4.28. The van der Waals surface area contributed by atoms with Crippen LogP contribution in [0.2, 0.25) is 0 Å². The molecule has 170 valence electrons. The Kier molecular flexibility index (Phi) is 7.63. The van der Waals surface area contributed by atoms with Gasteiger partial charge in [-0.05, 0) is 24.6 Å². The number of rotatable bonds is 9. The van der Waals surface area contributed by atoms with Gasteiger partial charge in [-0.25, -0.2) is 9.48 Å². The molecule has 0 radical (unpaired) electrons. The maximum atomic E-state index is 12.8. The molecule has 1 aromatic heterocycles. The largest absolute Gasteiger partial charge is 0.461 e. The van der Waals surface area contributed by atoms with Crippen LogP contribution in [0.15, 0.2) is 59.4 Å². The smallest absolute Gasteiger partial charge is 0.401 e. The van der Waals surface area contributed by atoms with Crippen molar-refractivity contribution in [2.24, 2.45) is 0 Å². The predicted octanol–water partition coefficient (Wildman–Crippen LogP) is 3.88. The minimum absolute atomic E-state index is 0.00114. The van der Waals surface area contributed by atoms with Crippen molar-refractivity contribution in [1.82, 2.24) is 14.7 Å². The Balaban J connectivity index is 1.75. The van der Waals surface area contributed by atoms with Crippen molar-refractivity contribution in [3.63, 3.8) is 0 Å². The summed E-state index contributed by atoms with van der Waals surface area (Å²) in [5.41, 5.74) is 0.520. The summed E-state index contributed by atoms with van der Waals surface area (Å²) in [6.45, 7) is 1.15. The fraction of sp³-hybridized carbons (Fsp3) is 0.348. The van der Waals surface area contributed by atoms with Crippen LogP contribution in [-0.2, 0) is 11.3 Å². The monoisotopic (exact) mass is 447 g/mol. The van der Waals surface area contributed by atoms with Crippen LogP contribution < -0.4 is 5.56 Å². The number of benzene rings is 2. The summed E-state index contributed by atoms with van der Waals surface area (Å²) < 4.78 is 44.2. The van der Waals surface area contributed by atoms with Crippen LogP contribution in [0, 0.1) is 0 Å². The first-order valence-electron chi connectivity index (χ1n) is 10.3. The lowest BCUT2D eigenvalue weighted by atomic mass is 10.1. The highest BCUT2D eigenvalue weighted by Crippen LogP contribution is 2.17. The molecule has 0 saturated heterocycles. The van der Waals surface area contributed by atoms with Gasteiger partial charge in [-0.1, -0.05) is 55.5 Å². The third kappa shape index (κ3) is 6.16. The number of hydrogen-bond donors (Lipinski definition) is 0. The van der Waals surface area contributed by atoms with Crippen molar-refractivity contribution >= 4 is 16.7 Å². The van der Waals surface area contributed by atoms with Crippen molar-refractivity contribution < 1.29 is 22.7 Å². The van der Waals surface area contributed by atoms with E-state index in [2.05, 4.69) is 5.10 Å². The molecule has 0 spiro atoms. The van der Waals surface area contributed by atoms with Crippen LogP contribution in [0.4, 0.5) is 13.2 Å². The Morgan fingerprint density at radius 2 is 1.72 bits per heavy atom. The first-order chi connectivity index (χ1) is 15.3. The fourth-order valence-corrected chi connectivity index (χ4v) is 3.37. The van der Waals surface area contributed by atoms with Gasteiger partial charge in [0.05, 0.1) is 25.1 Å². The van der Waals surface area contributed by atoms with E-state index < -0.39 is 18.7 Å². The Morgan fingerprint density at radius 3 is 2.38 bits per heavy atom. The first kappa shape index (κ1) is 23.5. The Hall–Kier alpha value is -3.20. The molecule has 0 fully saturated rings. The third-order valence-electron chi connectivity index (χ3n) is 4.94. The number of nitrogens with zero attached hydrogens (tertiary/aromatic N) is 3. The number of carbonyl (C=O) groups is 1. The zero-order valence-electron chi connectivity index (χ0n) is 17.6. The van der Waals surface area contributed by atoms with Crippen LogP contribution in [0.5, 0.6) is 0 Å². The number of ether oxygens (including phenoxy) is 1. The number of hydrogen-bond acceptors (Lipinski definition) is 5. The van der Waals surface area contributed by atoms with Crippen LogP contribution in [0.3, 0.4) is 0 Å². The molecule has 0 aliphatic heterocycles. The van der Waals surface area contributed by atoms with Gasteiger partial charge in [-0.2, -0.15) is 18.3 Å². The molecule has 0 N–H and O–H groups in total. The molecule has 32 heavy (non-hydrogen) atoms. The number of fused-ring (bicyclic) bond motifs is 1. The minimum Gasteiger partial charge on any atom is -0.461 e. The lowest BCUT2D eigenvalue weighted by molar-refractivity contribution is -0.145. The van der Waals surface area contributed by atoms with Gasteiger partial charge in [0, 0.05) is 11.9 Å². The summed E-state index contributed by atoms with van der Waals surface area (Å²) in [7, 11) is 0. The van der Waals surface area contributed by atoms with E-state index in [0.717, 1.165) is 5.56 Å². The van der Waals surface area contributed by atoms with Gasteiger partial charge < -0.3 is 4.74 Å². The number of aromatic nitrogens is 2. The molecule has 0 bridgehead atoms. The SMILES string of the molecule is CCN(CCCOC(=O)c1nn(Cc2ccccc2)c(=O)c2ccccc12)CC(F)(F)F. The zero-order chi connectivity index (χ0) is 23.1. The molecule has 0 atom stereocenters. The lowest BCUT2D eigenvalue weighted by Gasteiger charge is -2.21. The van der Waals surface area contributed by atoms with E-state index >= 15 is 0 Å². The van der Waals surface area contributed by atoms with E-state index in [0.29, 0.717) is 10.8 Å². The van der Waals surface area contributed by atoms with Crippen LogP contribution in [-0.4, -0.2) is 53.1 Å². The molecule has 0 aliphatic rings. The van der Waals surface area contributed by atoms with E-state index in [1.165, 1.54) is 9.58 Å². The van der Waals surface area contributed by atoms with Gasteiger partial charge in [0.15, 0.2) is 5.69 Å². The molecule has 3 aromatic rings. The predicted molar refractivity (Wildman–Crippen MR) is 115 cm³/mol. The summed E-state index contributed by atoms with van der Waals surface area (Å²) in [4.78, 5) is 26.8. The summed E-state index contributed by atoms with van der Waals surface area (Å²) in [6.07, 6.45) is -4.03. The quantitative estimate of drug-likeness (QED) is 0.368. The highest BCUT2D eigenvalue weighted by Gasteiger charge is 2.29. The van der Waals surface area contributed by atoms with Crippen molar-refractivity contribution in [1.29, 1.82) is 0 Å². The molecular formula is C23H24F3N3O3. The maximum Gasteiger partial charge on any atom is 0.401 e. The molecule has 9 heteroatoms.